The van der Waals surface area contributed by atoms with Gasteiger partial charge in [-0.05, 0) is 68.8 Å². The summed E-state index contributed by atoms with van der Waals surface area (Å²) in [5.74, 6) is -0.755. The minimum atomic E-state index is -0.214. The van der Waals surface area contributed by atoms with E-state index >= 15 is 0 Å². The van der Waals surface area contributed by atoms with Crippen LogP contribution >= 0.6 is 11.8 Å². The summed E-state index contributed by atoms with van der Waals surface area (Å²) in [5, 5.41) is 3.53. The second-order valence-electron chi connectivity index (χ2n) is 8.18. The van der Waals surface area contributed by atoms with Crippen LogP contribution in [0.2, 0.25) is 0 Å². The van der Waals surface area contributed by atoms with Crippen LogP contribution in [0, 0.1) is 25.7 Å². The lowest BCUT2D eigenvalue weighted by atomic mass is 9.81. The van der Waals surface area contributed by atoms with E-state index in [0.29, 0.717) is 10.8 Å². The molecule has 8 heteroatoms. The van der Waals surface area contributed by atoms with Crippen LogP contribution in [-0.4, -0.2) is 39.1 Å². The monoisotopic (exact) mass is 438 g/mol. The molecule has 7 nitrogen and oxygen atoms in total. The van der Waals surface area contributed by atoms with Gasteiger partial charge in [0.15, 0.2) is 5.16 Å². The first-order valence-corrected chi connectivity index (χ1v) is 11.5. The Balaban J connectivity index is 1.30. The highest BCUT2D eigenvalue weighted by Crippen LogP contribution is 2.38. The maximum Gasteiger partial charge on any atom is 0.233 e. The Morgan fingerprint density at radius 3 is 2.19 bits per heavy atom. The fourth-order valence-corrected chi connectivity index (χ4v) is 5.20. The number of aryl methyl sites for hydroxylation is 2. The molecule has 0 radical (unpaired) electrons. The molecule has 1 aromatic carbocycles. The number of nitrogens with zero attached hydrogens (tertiary/aromatic N) is 3. The fraction of sp³-hybridized carbons (Fsp3) is 0.435. The number of hydrogen-bond acceptors (Lipinski definition) is 6. The number of anilines is 1. The predicted molar refractivity (Wildman–Crippen MR) is 117 cm³/mol. The van der Waals surface area contributed by atoms with Crippen molar-refractivity contribution in [2.24, 2.45) is 11.8 Å². The molecular weight excluding hydrogens is 412 g/mol. The highest BCUT2D eigenvalue weighted by atomic mass is 32.2. The van der Waals surface area contributed by atoms with Crippen LogP contribution in [0.5, 0.6) is 0 Å². The van der Waals surface area contributed by atoms with E-state index in [4.69, 9.17) is 0 Å². The molecule has 2 fully saturated rings. The quantitative estimate of drug-likeness (QED) is 0.545. The molecule has 1 aliphatic carbocycles. The number of amides is 3. The zero-order valence-corrected chi connectivity index (χ0v) is 18.6. The van der Waals surface area contributed by atoms with Crippen LogP contribution in [0.15, 0.2) is 40.4 Å². The zero-order valence-electron chi connectivity index (χ0n) is 17.8. The van der Waals surface area contributed by atoms with Crippen LogP contribution in [0.1, 0.15) is 43.5 Å². The maximum atomic E-state index is 12.5. The minimum absolute atomic E-state index is 0.0996. The van der Waals surface area contributed by atoms with E-state index in [2.05, 4.69) is 15.3 Å². The molecule has 1 aromatic heterocycles. The van der Waals surface area contributed by atoms with Crippen molar-refractivity contribution in [3.63, 3.8) is 0 Å². The van der Waals surface area contributed by atoms with Gasteiger partial charge in [-0.3, -0.25) is 19.3 Å². The van der Waals surface area contributed by atoms with Gasteiger partial charge < -0.3 is 5.32 Å². The Morgan fingerprint density at radius 1 is 1.03 bits per heavy atom. The second kappa shape index (κ2) is 9.18. The molecule has 0 spiro atoms. The summed E-state index contributed by atoms with van der Waals surface area (Å²) >= 11 is 1.46. The predicted octanol–water partition coefficient (Wildman–Crippen LogP) is 3.75. The minimum Gasteiger partial charge on any atom is -0.326 e. The Kier molecular flexibility index (Phi) is 6.36. The number of benzene rings is 1. The van der Waals surface area contributed by atoms with E-state index in [-0.39, 0.29) is 42.5 Å². The molecule has 0 unspecified atom stereocenters. The Labute approximate surface area is 186 Å². The first-order chi connectivity index (χ1) is 14.9. The maximum absolute atomic E-state index is 12.5. The third kappa shape index (κ3) is 4.95. The molecule has 4 rings (SSSR count). The molecule has 31 heavy (non-hydrogen) atoms. The molecule has 162 valence electrons. The summed E-state index contributed by atoms with van der Waals surface area (Å²) in [6.45, 7) is 4.03. The van der Waals surface area contributed by atoms with E-state index in [0.717, 1.165) is 42.0 Å². The summed E-state index contributed by atoms with van der Waals surface area (Å²) in [5.41, 5.74) is 2.52. The van der Waals surface area contributed by atoms with Gasteiger partial charge in [-0.2, -0.15) is 0 Å². The molecule has 2 aromatic rings. The van der Waals surface area contributed by atoms with E-state index < -0.39 is 0 Å². The summed E-state index contributed by atoms with van der Waals surface area (Å²) in [7, 11) is 0. The van der Waals surface area contributed by atoms with E-state index in [1.165, 1.54) is 16.7 Å². The number of nitrogens with one attached hydrogen (secondary N) is 1. The summed E-state index contributed by atoms with van der Waals surface area (Å²) in [6.07, 6.45) is 3.67. The molecule has 1 saturated heterocycles. The van der Waals surface area contributed by atoms with Gasteiger partial charge in [0.1, 0.15) is 0 Å². The van der Waals surface area contributed by atoms with Crippen LogP contribution in [0.4, 0.5) is 5.69 Å². The molecular formula is C23H26N4O3S. The highest BCUT2D eigenvalue weighted by molar-refractivity contribution is 7.99. The Hall–Kier alpha value is -2.74. The third-order valence-corrected chi connectivity index (χ3v) is 6.68. The summed E-state index contributed by atoms with van der Waals surface area (Å²) < 4.78 is 0. The van der Waals surface area contributed by atoms with Crippen molar-refractivity contribution in [1.82, 2.24) is 14.9 Å². The number of hydrogen-bond donors (Lipinski definition) is 1. The number of carbonyl (C=O) groups excluding carboxylic acids is 3. The normalized spacial score (nSPS) is 20.6. The van der Waals surface area contributed by atoms with Gasteiger partial charge >= 0.3 is 0 Å². The molecule has 1 saturated carbocycles. The topological polar surface area (TPSA) is 92.3 Å². The largest absolute Gasteiger partial charge is 0.326 e. The van der Waals surface area contributed by atoms with Gasteiger partial charge in [0.25, 0.3) is 0 Å². The number of carbonyl (C=O) groups is 3. The van der Waals surface area contributed by atoms with Gasteiger partial charge in [-0.25, -0.2) is 9.97 Å². The van der Waals surface area contributed by atoms with Gasteiger partial charge in [0, 0.05) is 34.9 Å². The Bertz CT molecular complexity index is 964. The number of imide groups is 1. The van der Waals surface area contributed by atoms with Gasteiger partial charge in [-0.15, -0.1) is 0 Å². The van der Waals surface area contributed by atoms with Crippen molar-refractivity contribution in [3.8, 4) is 0 Å². The Morgan fingerprint density at radius 2 is 1.61 bits per heavy atom. The van der Waals surface area contributed by atoms with Crippen molar-refractivity contribution in [1.29, 1.82) is 0 Å². The number of fused-ring (bicyclic) bond motifs is 1. The number of rotatable bonds is 6. The molecule has 2 aliphatic rings. The lowest BCUT2D eigenvalue weighted by molar-refractivity contribution is -0.140. The van der Waals surface area contributed by atoms with Crippen molar-refractivity contribution in [2.45, 2.75) is 56.0 Å². The summed E-state index contributed by atoms with van der Waals surface area (Å²) in [6, 6.07) is 9.38. The summed E-state index contributed by atoms with van der Waals surface area (Å²) in [4.78, 5) is 48.5. The highest BCUT2D eigenvalue weighted by Gasteiger charge is 2.47. The SMILES string of the molecule is Cc1cc(C)nc(Sc2ccc(NC(=O)CCN3C(=O)[C@H]4CCCC[C@@H]4C3=O)cc2)n1. The van der Waals surface area contributed by atoms with Crippen LogP contribution < -0.4 is 5.32 Å². The lowest BCUT2D eigenvalue weighted by Crippen LogP contribution is -2.34. The van der Waals surface area contributed by atoms with E-state index in [9.17, 15) is 14.4 Å². The smallest absolute Gasteiger partial charge is 0.233 e. The molecule has 1 N–H and O–H groups in total. The molecule has 2 atom stereocenters. The standard InChI is InChI=1S/C23H26N4O3S/c1-14-13-15(2)25-23(24-14)31-17-9-7-16(8-10-17)26-20(28)11-12-27-21(29)18-5-3-4-6-19(18)22(27)30/h7-10,13,18-19H,3-6,11-12H2,1-2H3,(H,26,28)/t18-,19-/m0/s1. The number of likely N-dealkylation sites (tertiary alicyclic amines) is 1. The van der Waals surface area contributed by atoms with Gasteiger partial charge in [0.05, 0.1) is 11.8 Å². The van der Waals surface area contributed by atoms with E-state index in [1.807, 2.05) is 44.2 Å². The van der Waals surface area contributed by atoms with Crippen LogP contribution in [0.3, 0.4) is 0 Å². The van der Waals surface area contributed by atoms with Crippen molar-refractivity contribution in [3.05, 3.63) is 41.7 Å². The van der Waals surface area contributed by atoms with Crippen molar-refractivity contribution < 1.29 is 14.4 Å². The first kappa shape index (κ1) is 21.5. The molecule has 0 bridgehead atoms. The van der Waals surface area contributed by atoms with Crippen molar-refractivity contribution in [2.75, 3.05) is 11.9 Å². The van der Waals surface area contributed by atoms with Crippen molar-refractivity contribution >= 4 is 35.2 Å². The average molecular weight is 439 g/mol. The fourth-order valence-electron chi connectivity index (χ4n) is 4.34. The van der Waals surface area contributed by atoms with Gasteiger partial charge in [0.2, 0.25) is 17.7 Å². The number of aromatic nitrogens is 2. The lowest BCUT2D eigenvalue weighted by Gasteiger charge is -2.19. The van der Waals surface area contributed by atoms with E-state index in [1.54, 1.807) is 0 Å². The average Bonchev–Trinajstić information content (AvgIpc) is 2.97. The molecule has 1 aliphatic heterocycles. The second-order valence-corrected chi connectivity index (χ2v) is 9.22. The van der Waals surface area contributed by atoms with Crippen LogP contribution in [-0.2, 0) is 14.4 Å². The first-order valence-electron chi connectivity index (χ1n) is 10.7. The third-order valence-electron chi connectivity index (χ3n) is 5.80. The van der Waals surface area contributed by atoms with Gasteiger partial charge in [-0.1, -0.05) is 12.8 Å². The van der Waals surface area contributed by atoms with Crippen LogP contribution in [0.25, 0.3) is 0 Å². The molecule has 2 heterocycles. The molecule has 3 amide bonds. The zero-order chi connectivity index (χ0) is 22.0.